The third-order valence-corrected chi connectivity index (χ3v) is 3.32. The van der Waals surface area contributed by atoms with Gasteiger partial charge in [-0.3, -0.25) is 4.79 Å². The van der Waals surface area contributed by atoms with E-state index in [-0.39, 0.29) is 5.82 Å². The maximum absolute atomic E-state index is 12.8. The van der Waals surface area contributed by atoms with E-state index in [1.807, 2.05) is 0 Å². The number of carbonyl (C=O) groups is 1. The topological polar surface area (TPSA) is 30.0 Å². The zero-order valence-corrected chi connectivity index (χ0v) is 9.69. The van der Waals surface area contributed by atoms with Gasteiger partial charge in [0, 0.05) is 17.6 Å². The first-order valence-electron chi connectivity index (χ1n) is 4.53. The fraction of sp³-hybridized carbons (Fsp3) is 0.0909. The maximum Gasteiger partial charge on any atom is 0.161 e. The van der Waals surface area contributed by atoms with E-state index >= 15 is 0 Å². The summed E-state index contributed by atoms with van der Waals surface area (Å²) in [6, 6.07) is 4.25. The minimum Gasteiger partial charge on any atom is -0.297 e. The second-order valence-electron chi connectivity index (χ2n) is 3.19. The monoisotopic (exact) mass is 255 g/mol. The third kappa shape index (κ3) is 2.46. The summed E-state index contributed by atoms with van der Waals surface area (Å²) in [4.78, 5) is 15.1. The molecule has 82 valence electrons. The van der Waals surface area contributed by atoms with Gasteiger partial charge in [-0.1, -0.05) is 17.7 Å². The van der Waals surface area contributed by atoms with Gasteiger partial charge in [0.05, 0.1) is 9.88 Å². The molecule has 0 aliphatic heterocycles. The standard InChI is InChI=1S/C11H7ClFNOS/c12-10-4-8(13)2-1-7(10)3-11-14-5-9(6-15)16-11/h1-2,4-6H,3H2. The van der Waals surface area contributed by atoms with Crippen LogP contribution in [-0.4, -0.2) is 11.3 Å². The highest BCUT2D eigenvalue weighted by Crippen LogP contribution is 2.22. The molecule has 0 radical (unpaired) electrons. The third-order valence-electron chi connectivity index (χ3n) is 2.04. The Morgan fingerprint density at radius 2 is 2.31 bits per heavy atom. The Kier molecular flexibility index (Phi) is 3.31. The Labute approximate surface area is 101 Å². The van der Waals surface area contributed by atoms with E-state index in [1.54, 1.807) is 6.07 Å². The molecule has 1 aromatic carbocycles. The number of rotatable bonds is 3. The lowest BCUT2D eigenvalue weighted by atomic mass is 10.1. The normalized spacial score (nSPS) is 10.4. The fourth-order valence-electron chi connectivity index (χ4n) is 1.29. The van der Waals surface area contributed by atoms with Crippen LogP contribution in [0.15, 0.2) is 24.4 Å². The first-order chi connectivity index (χ1) is 7.69. The van der Waals surface area contributed by atoms with Gasteiger partial charge in [-0.15, -0.1) is 11.3 Å². The number of aromatic nitrogens is 1. The SMILES string of the molecule is O=Cc1cnc(Cc2ccc(F)cc2Cl)s1. The molecular weight excluding hydrogens is 249 g/mol. The minimum atomic E-state index is -0.360. The zero-order valence-electron chi connectivity index (χ0n) is 8.11. The van der Waals surface area contributed by atoms with E-state index in [0.29, 0.717) is 16.3 Å². The average molecular weight is 256 g/mol. The molecule has 1 heterocycles. The van der Waals surface area contributed by atoms with Crippen molar-refractivity contribution < 1.29 is 9.18 Å². The highest BCUT2D eigenvalue weighted by molar-refractivity contribution is 7.13. The molecule has 0 N–H and O–H groups in total. The summed E-state index contributed by atoms with van der Waals surface area (Å²) in [6.07, 6.45) is 2.79. The fourth-order valence-corrected chi connectivity index (χ4v) is 2.28. The van der Waals surface area contributed by atoms with E-state index in [4.69, 9.17) is 11.6 Å². The van der Waals surface area contributed by atoms with Gasteiger partial charge in [0.15, 0.2) is 6.29 Å². The Morgan fingerprint density at radius 3 is 2.94 bits per heavy atom. The molecular formula is C11H7ClFNOS. The Hall–Kier alpha value is -1.26. The van der Waals surface area contributed by atoms with Crippen molar-refractivity contribution in [1.29, 1.82) is 0 Å². The summed E-state index contributed by atoms with van der Waals surface area (Å²) in [5.74, 6) is -0.360. The van der Waals surface area contributed by atoms with Gasteiger partial charge in [-0.2, -0.15) is 0 Å². The van der Waals surface area contributed by atoms with Crippen molar-refractivity contribution in [2.75, 3.05) is 0 Å². The first-order valence-corrected chi connectivity index (χ1v) is 5.72. The summed E-state index contributed by atoms with van der Waals surface area (Å²) >= 11 is 7.20. The van der Waals surface area contributed by atoms with Gasteiger partial charge in [0.2, 0.25) is 0 Å². The highest BCUT2D eigenvalue weighted by Gasteiger charge is 2.06. The van der Waals surface area contributed by atoms with Crippen molar-refractivity contribution in [3.63, 3.8) is 0 Å². The van der Waals surface area contributed by atoms with E-state index in [0.717, 1.165) is 16.9 Å². The molecule has 0 spiro atoms. The highest BCUT2D eigenvalue weighted by atomic mass is 35.5. The van der Waals surface area contributed by atoms with Crippen LogP contribution >= 0.6 is 22.9 Å². The molecule has 0 aliphatic carbocycles. The predicted octanol–water partition coefficient (Wildman–Crippen LogP) is 3.34. The molecule has 2 aromatic rings. The van der Waals surface area contributed by atoms with Crippen molar-refractivity contribution in [2.45, 2.75) is 6.42 Å². The van der Waals surface area contributed by atoms with Gasteiger partial charge >= 0.3 is 0 Å². The maximum atomic E-state index is 12.8. The molecule has 2 rings (SSSR count). The number of thiazole rings is 1. The average Bonchev–Trinajstić information content (AvgIpc) is 2.70. The molecule has 0 unspecified atom stereocenters. The Balaban J connectivity index is 2.23. The molecule has 0 bridgehead atoms. The van der Waals surface area contributed by atoms with Crippen molar-refractivity contribution in [3.05, 3.63) is 50.7 Å². The van der Waals surface area contributed by atoms with Crippen LogP contribution in [0, 0.1) is 5.82 Å². The quantitative estimate of drug-likeness (QED) is 0.788. The number of halogens is 2. The van der Waals surface area contributed by atoms with Crippen LogP contribution < -0.4 is 0 Å². The van der Waals surface area contributed by atoms with E-state index in [9.17, 15) is 9.18 Å². The van der Waals surface area contributed by atoms with Gasteiger partial charge in [-0.25, -0.2) is 9.37 Å². The van der Waals surface area contributed by atoms with Gasteiger partial charge < -0.3 is 0 Å². The Morgan fingerprint density at radius 1 is 1.50 bits per heavy atom. The second kappa shape index (κ2) is 4.72. The molecule has 0 aliphatic rings. The molecule has 5 heteroatoms. The number of hydrogen-bond donors (Lipinski definition) is 0. The van der Waals surface area contributed by atoms with Crippen LogP contribution in [-0.2, 0) is 6.42 Å². The predicted molar refractivity (Wildman–Crippen MR) is 61.7 cm³/mol. The van der Waals surface area contributed by atoms with Crippen LogP contribution in [0.25, 0.3) is 0 Å². The van der Waals surface area contributed by atoms with Gasteiger partial charge in [0.25, 0.3) is 0 Å². The van der Waals surface area contributed by atoms with Crippen molar-refractivity contribution in [3.8, 4) is 0 Å². The molecule has 0 atom stereocenters. The molecule has 0 saturated heterocycles. The lowest BCUT2D eigenvalue weighted by Gasteiger charge is -2.01. The van der Waals surface area contributed by atoms with Crippen LogP contribution in [0.5, 0.6) is 0 Å². The molecule has 0 fully saturated rings. The minimum absolute atomic E-state index is 0.360. The number of aldehydes is 1. The van der Waals surface area contributed by atoms with Crippen LogP contribution in [0.2, 0.25) is 5.02 Å². The van der Waals surface area contributed by atoms with Crippen molar-refractivity contribution >= 4 is 29.2 Å². The molecule has 1 aromatic heterocycles. The number of carbonyl (C=O) groups excluding carboxylic acids is 1. The summed E-state index contributed by atoms with van der Waals surface area (Å²) in [6.45, 7) is 0. The van der Waals surface area contributed by atoms with Crippen LogP contribution in [0.3, 0.4) is 0 Å². The number of nitrogens with zero attached hydrogens (tertiary/aromatic N) is 1. The van der Waals surface area contributed by atoms with Gasteiger partial charge in [0.1, 0.15) is 5.82 Å². The van der Waals surface area contributed by atoms with Crippen molar-refractivity contribution in [1.82, 2.24) is 4.98 Å². The van der Waals surface area contributed by atoms with E-state index in [2.05, 4.69) is 4.98 Å². The molecule has 16 heavy (non-hydrogen) atoms. The van der Waals surface area contributed by atoms with Crippen molar-refractivity contribution in [2.24, 2.45) is 0 Å². The largest absolute Gasteiger partial charge is 0.297 e. The lowest BCUT2D eigenvalue weighted by Crippen LogP contribution is -1.89. The number of hydrogen-bond acceptors (Lipinski definition) is 3. The van der Waals surface area contributed by atoms with E-state index in [1.165, 1.54) is 29.7 Å². The number of benzene rings is 1. The van der Waals surface area contributed by atoms with Crippen LogP contribution in [0.4, 0.5) is 4.39 Å². The smallest absolute Gasteiger partial charge is 0.161 e. The molecule has 2 nitrogen and oxygen atoms in total. The van der Waals surface area contributed by atoms with Crippen LogP contribution in [0.1, 0.15) is 20.2 Å². The summed E-state index contributed by atoms with van der Waals surface area (Å²) in [7, 11) is 0. The lowest BCUT2D eigenvalue weighted by molar-refractivity contribution is 0.112. The first kappa shape index (κ1) is 11.2. The summed E-state index contributed by atoms with van der Waals surface area (Å²) < 4.78 is 12.8. The summed E-state index contributed by atoms with van der Waals surface area (Å²) in [5, 5.41) is 1.17. The summed E-state index contributed by atoms with van der Waals surface area (Å²) in [5.41, 5.74) is 0.801. The van der Waals surface area contributed by atoms with Gasteiger partial charge in [-0.05, 0) is 17.7 Å². The second-order valence-corrected chi connectivity index (χ2v) is 4.74. The zero-order chi connectivity index (χ0) is 11.5. The van der Waals surface area contributed by atoms with E-state index < -0.39 is 0 Å². The molecule has 0 amide bonds. The Bertz CT molecular complexity index is 526. The molecule has 0 saturated carbocycles.